The van der Waals surface area contributed by atoms with Crippen molar-refractivity contribution >= 4 is 15.7 Å². The molecule has 6 nitrogen and oxygen atoms in total. The van der Waals surface area contributed by atoms with Gasteiger partial charge < -0.3 is 5.11 Å². The largest absolute Gasteiger partial charge is 0.508 e. The summed E-state index contributed by atoms with van der Waals surface area (Å²) in [4.78, 5) is 8.69. The molecule has 0 saturated heterocycles. The Hall–Kier alpha value is -2.93. The fourth-order valence-electron chi connectivity index (χ4n) is 2.96. The maximum atomic E-state index is 12.9. The molecule has 0 radical (unpaired) electrons. The molecule has 140 valence electrons. The first-order valence-electron chi connectivity index (χ1n) is 8.40. The van der Waals surface area contributed by atoms with Gasteiger partial charge in [0, 0.05) is 5.56 Å². The van der Waals surface area contributed by atoms with Crippen LogP contribution in [0.5, 0.6) is 5.75 Å². The van der Waals surface area contributed by atoms with Crippen molar-refractivity contribution in [3.05, 3.63) is 65.0 Å². The molecule has 1 heterocycles. The maximum absolute atomic E-state index is 12.9. The van der Waals surface area contributed by atoms with Crippen LogP contribution >= 0.6 is 0 Å². The third kappa shape index (κ3) is 3.78. The molecule has 0 aliphatic heterocycles. The molecule has 0 atom stereocenters. The lowest BCUT2D eigenvalue weighted by atomic mass is 10.0. The van der Waals surface area contributed by atoms with Crippen molar-refractivity contribution in [3.63, 3.8) is 0 Å². The third-order valence-corrected chi connectivity index (χ3v) is 6.23. The van der Waals surface area contributed by atoms with Crippen molar-refractivity contribution in [2.75, 3.05) is 4.72 Å². The first-order valence-corrected chi connectivity index (χ1v) is 9.89. The normalized spacial score (nSPS) is 11.4. The van der Waals surface area contributed by atoms with Crippen LogP contribution in [-0.2, 0) is 10.0 Å². The van der Waals surface area contributed by atoms with E-state index in [9.17, 15) is 13.5 Å². The smallest absolute Gasteiger partial charge is 0.262 e. The van der Waals surface area contributed by atoms with E-state index in [-0.39, 0.29) is 16.3 Å². The Bertz CT molecular complexity index is 1080. The highest BCUT2D eigenvalue weighted by atomic mass is 32.2. The number of aromatic hydroxyl groups is 1. The summed E-state index contributed by atoms with van der Waals surface area (Å²) in [5, 5.41) is 9.56. The lowest BCUT2D eigenvalue weighted by Gasteiger charge is -2.16. The van der Waals surface area contributed by atoms with Crippen LogP contribution in [0.4, 0.5) is 5.69 Å². The van der Waals surface area contributed by atoms with Crippen LogP contribution in [-0.4, -0.2) is 23.5 Å². The predicted octanol–water partition coefficient (Wildman–Crippen LogP) is 3.88. The maximum Gasteiger partial charge on any atom is 0.262 e. The van der Waals surface area contributed by atoms with Gasteiger partial charge >= 0.3 is 0 Å². The van der Waals surface area contributed by atoms with Crippen LogP contribution in [0.3, 0.4) is 0 Å². The number of anilines is 1. The highest BCUT2D eigenvalue weighted by Gasteiger charge is 2.22. The summed E-state index contributed by atoms with van der Waals surface area (Å²) in [5.74, 6) is 0.509. The summed E-state index contributed by atoms with van der Waals surface area (Å²) in [6.45, 7) is 7.40. The molecule has 0 saturated carbocycles. The first-order chi connectivity index (χ1) is 12.7. The Morgan fingerprint density at radius 2 is 1.52 bits per heavy atom. The van der Waals surface area contributed by atoms with Crippen LogP contribution in [0.2, 0.25) is 0 Å². The zero-order chi connectivity index (χ0) is 19.8. The fraction of sp³-hybridized carbons (Fsp3) is 0.200. The average Bonchev–Trinajstić information content (AvgIpc) is 2.60. The van der Waals surface area contributed by atoms with Gasteiger partial charge in [0.1, 0.15) is 5.75 Å². The number of phenolic OH excluding ortho intramolecular Hbond substituents is 1. The number of nitrogens with zero attached hydrogens (tertiary/aromatic N) is 2. The number of phenols is 1. The van der Waals surface area contributed by atoms with E-state index < -0.39 is 10.0 Å². The van der Waals surface area contributed by atoms with Crippen LogP contribution in [0, 0.1) is 27.7 Å². The molecule has 0 bridgehead atoms. The molecule has 0 amide bonds. The minimum Gasteiger partial charge on any atom is -0.508 e. The zero-order valence-corrected chi connectivity index (χ0v) is 16.4. The Labute approximate surface area is 159 Å². The molecule has 0 spiro atoms. The van der Waals surface area contributed by atoms with Gasteiger partial charge in [-0.3, -0.25) is 4.72 Å². The summed E-state index contributed by atoms with van der Waals surface area (Å²) >= 11 is 0. The third-order valence-electron chi connectivity index (χ3n) is 4.57. The lowest BCUT2D eigenvalue weighted by Crippen LogP contribution is -2.17. The molecule has 0 aliphatic rings. The van der Waals surface area contributed by atoms with Crippen LogP contribution in [0.1, 0.15) is 22.3 Å². The van der Waals surface area contributed by atoms with Crippen molar-refractivity contribution in [1.29, 1.82) is 0 Å². The SMILES string of the molecule is Cc1cc(C)c(C)c(S(=O)(=O)Nc2cnc(-c3cccc(O)c3)nc2)c1C. The molecule has 1 aromatic heterocycles. The molecule has 2 aromatic carbocycles. The van der Waals surface area contributed by atoms with Crippen molar-refractivity contribution in [3.8, 4) is 17.1 Å². The van der Waals surface area contributed by atoms with E-state index in [4.69, 9.17) is 0 Å². The van der Waals surface area contributed by atoms with Crippen LogP contribution in [0.15, 0.2) is 47.6 Å². The fourth-order valence-corrected chi connectivity index (χ4v) is 4.61. The number of hydrogen-bond acceptors (Lipinski definition) is 5. The summed E-state index contributed by atoms with van der Waals surface area (Å²) in [6, 6.07) is 8.54. The van der Waals surface area contributed by atoms with Crippen molar-refractivity contribution in [1.82, 2.24) is 9.97 Å². The monoisotopic (exact) mass is 383 g/mol. The van der Waals surface area contributed by atoms with Gasteiger partial charge in [0.05, 0.1) is 23.0 Å². The number of aryl methyl sites for hydroxylation is 2. The number of rotatable bonds is 4. The van der Waals surface area contributed by atoms with Crippen LogP contribution in [0.25, 0.3) is 11.4 Å². The summed E-state index contributed by atoms with van der Waals surface area (Å²) in [7, 11) is -3.77. The van der Waals surface area contributed by atoms with Gasteiger partial charge in [-0.05, 0) is 62.1 Å². The summed E-state index contributed by atoms with van der Waals surface area (Å²) < 4.78 is 28.5. The van der Waals surface area contributed by atoms with Crippen LogP contribution < -0.4 is 4.72 Å². The molecule has 27 heavy (non-hydrogen) atoms. The molecule has 0 fully saturated rings. The number of aromatic nitrogens is 2. The number of sulfonamides is 1. The van der Waals surface area contributed by atoms with Crippen molar-refractivity contribution < 1.29 is 13.5 Å². The Morgan fingerprint density at radius 1 is 0.926 bits per heavy atom. The first kappa shape index (κ1) is 18.8. The van der Waals surface area contributed by atoms with Gasteiger partial charge in [0.25, 0.3) is 10.0 Å². The molecule has 0 aliphatic carbocycles. The predicted molar refractivity (Wildman–Crippen MR) is 105 cm³/mol. The van der Waals surface area contributed by atoms with E-state index in [1.54, 1.807) is 38.1 Å². The van der Waals surface area contributed by atoms with E-state index in [1.165, 1.54) is 12.4 Å². The van der Waals surface area contributed by atoms with Gasteiger partial charge in [-0.2, -0.15) is 0 Å². The zero-order valence-electron chi connectivity index (χ0n) is 15.6. The van der Waals surface area contributed by atoms with Gasteiger partial charge in [0.15, 0.2) is 5.82 Å². The van der Waals surface area contributed by atoms with Gasteiger partial charge in [0.2, 0.25) is 0 Å². The number of nitrogens with one attached hydrogen (secondary N) is 1. The Balaban J connectivity index is 1.94. The van der Waals surface area contributed by atoms with E-state index in [0.29, 0.717) is 11.4 Å². The highest BCUT2D eigenvalue weighted by molar-refractivity contribution is 7.92. The van der Waals surface area contributed by atoms with Crippen molar-refractivity contribution in [2.24, 2.45) is 0 Å². The van der Waals surface area contributed by atoms with Gasteiger partial charge in [-0.25, -0.2) is 18.4 Å². The lowest BCUT2D eigenvalue weighted by molar-refractivity contribution is 0.475. The van der Waals surface area contributed by atoms with Crippen molar-refractivity contribution in [2.45, 2.75) is 32.6 Å². The minimum atomic E-state index is -3.77. The molecule has 3 aromatic rings. The molecule has 7 heteroatoms. The number of hydrogen-bond donors (Lipinski definition) is 2. The molecule has 3 rings (SSSR count). The Kier molecular flexibility index (Phi) is 4.89. The second-order valence-electron chi connectivity index (χ2n) is 6.54. The molecule has 2 N–H and O–H groups in total. The van der Waals surface area contributed by atoms with Gasteiger partial charge in [-0.1, -0.05) is 18.2 Å². The second kappa shape index (κ2) is 7.00. The second-order valence-corrected chi connectivity index (χ2v) is 8.16. The van der Waals surface area contributed by atoms with E-state index in [2.05, 4.69) is 14.7 Å². The van der Waals surface area contributed by atoms with Gasteiger partial charge in [-0.15, -0.1) is 0 Å². The Morgan fingerprint density at radius 3 is 2.07 bits per heavy atom. The highest BCUT2D eigenvalue weighted by Crippen LogP contribution is 2.28. The average molecular weight is 383 g/mol. The summed E-state index contributed by atoms with van der Waals surface area (Å²) in [5.41, 5.74) is 4.22. The van der Waals surface area contributed by atoms with E-state index >= 15 is 0 Å². The quantitative estimate of drug-likeness (QED) is 0.713. The minimum absolute atomic E-state index is 0.113. The molecular weight excluding hydrogens is 362 g/mol. The number of benzene rings is 2. The van der Waals surface area contributed by atoms with E-state index in [1.807, 2.05) is 19.9 Å². The topological polar surface area (TPSA) is 92.2 Å². The standard InChI is InChI=1S/C20H21N3O3S/c1-12-8-13(2)15(4)19(14(12)3)27(25,26)23-17-10-21-20(22-11-17)16-6-5-7-18(24)9-16/h5-11,23-24H,1-4H3. The molecular formula is C20H21N3O3S. The molecule has 0 unspecified atom stereocenters. The summed E-state index contributed by atoms with van der Waals surface area (Å²) in [6.07, 6.45) is 2.83. The van der Waals surface area contributed by atoms with E-state index in [0.717, 1.165) is 22.3 Å².